The van der Waals surface area contributed by atoms with Crippen LogP contribution in [0.1, 0.15) is 30.8 Å². The monoisotopic (exact) mass is 264 g/mol. The average Bonchev–Trinajstić information content (AvgIpc) is 2.48. The van der Waals surface area contributed by atoms with Crippen molar-refractivity contribution in [2.45, 2.75) is 26.3 Å². The van der Waals surface area contributed by atoms with Crippen molar-refractivity contribution < 1.29 is 9.53 Å². The first kappa shape index (κ1) is 13.7. The number of amides is 1. The van der Waals surface area contributed by atoms with Crippen LogP contribution in [0.15, 0.2) is 12.4 Å². The van der Waals surface area contributed by atoms with Crippen molar-refractivity contribution in [3.05, 3.63) is 18.1 Å². The van der Waals surface area contributed by atoms with Gasteiger partial charge < -0.3 is 15.0 Å². The van der Waals surface area contributed by atoms with Crippen LogP contribution in [0.3, 0.4) is 0 Å². The molecule has 104 valence electrons. The molecule has 0 aliphatic carbocycles. The number of nitrogens with zero attached hydrogens (tertiary/aromatic N) is 3. The van der Waals surface area contributed by atoms with Gasteiger partial charge in [0, 0.05) is 19.1 Å². The fourth-order valence-corrected chi connectivity index (χ4v) is 1.80. The maximum atomic E-state index is 12.1. The number of aromatic nitrogens is 2. The number of ether oxygens (including phenoxy) is 1. The second-order valence-corrected chi connectivity index (χ2v) is 4.65. The molecule has 1 aromatic rings. The molecule has 1 N–H and O–H groups in total. The Hall–Kier alpha value is -1.69. The van der Waals surface area contributed by atoms with Crippen LogP contribution in [-0.2, 0) is 4.74 Å². The van der Waals surface area contributed by atoms with Crippen LogP contribution < -0.4 is 5.32 Å². The zero-order valence-corrected chi connectivity index (χ0v) is 11.4. The molecule has 0 saturated carbocycles. The van der Waals surface area contributed by atoms with Gasteiger partial charge in [0.2, 0.25) is 0 Å². The van der Waals surface area contributed by atoms with Crippen molar-refractivity contribution in [1.82, 2.24) is 14.9 Å². The van der Waals surface area contributed by atoms with Crippen LogP contribution in [0.25, 0.3) is 0 Å². The van der Waals surface area contributed by atoms with E-state index in [0.29, 0.717) is 43.9 Å². The molecule has 0 bridgehead atoms. The average molecular weight is 264 g/mol. The van der Waals surface area contributed by atoms with Crippen molar-refractivity contribution in [1.29, 1.82) is 0 Å². The molecule has 0 spiro atoms. The normalized spacial score (nSPS) is 17.1. The molecule has 1 unspecified atom stereocenters. The number of anilines is 1. The highest BCUT2D eigenvalue weighted by Crippen LogP contribution is 2.08. The summed E-state index contributed by atoms with van der Waals surface area (Å²) in [5.74, 6) is 0.624. The maximum Gasteiger partial charge on any atom is 0.274 e. The Morgan fingerprint density at radius 2 is 2.16 bits per heavy atom. The molecule has 19 heavy (non-hydrogen) atoms. The largest absolute Gasteiger partial charge is 0.378 e. The predicted molar refractivity (Wildman–Crippen MR) is 72.1 cm³/mol. The van der Waals surface area contributed by atoms with Gasteiger partial charge in [0.1, 0.15) is 11.5 Å². The lowest BCUT2D eigenvalue weighted by Gasteiger charge is -2.26. The third-order valence-electron chi connectivity index (χ3n) is 3.18. The summed E-state index contributed by atoms with van der Waals surface area (Å²) in [5, 5.41) is 3.22. The van der Waals surface area contributed by atoms with Crippen LogP contribution in [0, 0.1) is 0 Å². The number of hydrogen-bond donors (Lipinski definition) is 1. The van der Waals surface area contributed by atoms with Gasteiger partial charge in [0.15, 0.2) is 0 Å². The molecule has 0 radical (unpaired) electrons. The summed E-state index contributed by atoms with van der Waals surface area (Å²) in [6.07, 6.45) is 4.15. The second kappa shape index (κ2) is 6.47. The van der Waals surface area contributed by atoms with Gasteiger partial charge in [-0.15, -0.1) is 0 Å². The second-order valence-electron chi connectivity index (χ2n) is 4.65. The van der Waals surface area contributed by atoms with Gasteiger partial charge in [-0.3, -0.25) is 4.79 Å². The SMILES string of the molecule is CCC(C)Nc1cnc(C(=O)N2CCOCC2)cn1. The van der Waals surface area contributed by atoms with Gasteiger partial charge >= 0.3 is 0 Å². The van der Waals surface area contributed by atoms with E-state index in [1.54, 1.807) is 11.1 Å². The van der Waals surface area contributed by atoms with E-state index < -0.39 is 0 Å². The van der Waals surface area contributed by atoms with Crippen LogP contribution in [0.2, 0.25) is 0 Å². The summed E-state index contributed by atoms with van der Waals surface area (Å²) >= 11 is 0. The maximum absolute atomic E-state index is 12.1. The molecule has 1 saturated heterocycles. The van der Waals surface area contributed by atoms with Gasteiger partial charge in [-0.05, 0) is 13.3 Å². The van der Waals surface area contributed by atoms with Gasteiger partial charge in [-0.2, -0.15) is 0 Å². The zero-order chi connectivity index (χ0) is 13.7. The van der Waals surface area contributed by atoms with E-state index in [1.165, 1.54) is 6.20 Å². The van der Waals surface area contributed by atoms with Crippen LogP contribution in [0.4, 0.5) is 5.82 Å². The van der Waals surface area contributed by atoms with Crippen LogP contribution >= 0.6 is 0 Å². The van der Waals surface area contributed by atoms with Crippen molar-refractivity contribution in [2.75, 3.05) is 31.6 Å². The molecule has 1 aromatic heterocycles. The van der Waals surface area contributed by atoms with E-state index >= 15 is 0 Å². The number of rotatable bonds is 4. The van der Waals surface area contributed by atoms with Crippen LogP contribution in [-0.4, -0.2) is 53.1 Å². The van der Waals surface area contributed by atoms with Crippen molar-refractivity contribution in [3.8, 4) is 0 Å². The van der Waals surface area contributed by atoms with Gasteiger partial charge in [0.05, 0.1) is 25.6 Å². The molecule has 6 heteroatoms. The van der Waals surface area contributed by atoms with Gasteiger partial charge in [-0.25, -0.2) is 9.97 Å². The Labute approximate surface area is 113 Å². The molecule has 1 aliphatic heterocycles. The number of morpholine rings is 1. The van der Waals surface area contributed by atoms with E-state index in [-0.39, 0.29) is 5.91 Å². The fraction of sp³-hybridized carbons (Fsp3) is 0.615. The van der Waals surface area contributed by atoms with Crippen molar-refractivity contribution in [2.24, 2.45) is 0 Å². The summed E-state index contributed by atoms with van der Waals surface area (Å²) < 4.78 is 5.22. The van der Waals surface area contributed by atoms with E-state index in [9.17, 15) is 4.79 Å². The van der Waals surface area contributed by atoms with E-state index in [0.717, 1.165) is 6.42 Å². The third-order valence-corrected chi connectivity index (χ3v) is 3.18. The Balaban J connectivity index is 1.99. The lowest BCUT2D eigenvalue weighted by Crippen LogP contribution is -2.41. The highest BCUT2D eigenvalue weighted by atomic mass is 16.5. The fourth-order valence-electron chi connectivity index (χ4n) is 1.80. The Kier molecular flexibility index (Phi) is 4.68. The lowest BCUT2D eigenvalue weighted by molar-refractivity contribution is 0.0298. The Bertz CT molecular complexity index is 415. The summed E-state index contributed by atoms with van der Waals surface area (Å²) in [6, 6.07) is 0.343. The molecule has 1 amide bonds. The zero-order valence-electron chi connectivity index (χ0n) is 11.4. The lowest BCUT2D eigenvalue weighted by atomic mass is 10.2. The molecule has 1 atom stereocenters. The number of hydrogen-bond acceptors (Lipinski definition) is 5. The van der Waals surface area contributed by atoms with E-state index in [4.69, 9.17) is 4.74 Å². The quantitative estimate of drug-likeness (QED) is 0.884. The van der Waals surface area contributed by atoms with Crippen LogP contribution in [0.5, 0.6) is 0 Å². The molecule has 1 aliphatic rings. The highest BCUT2D eigenvalue weighted by molar-refractivity contribution is 5.92. The van der Waals surface area contributed by atoms with Crippen molar-refractivity contribution >= 4 is 11.7 Å². The third kappa shape index (κ3) is 3.64. The molecular formula is C13H20N4O2. The number of carbonyl (C=O) groups is 1. The molecule has 6 nitrogen and oxygen atoms in total. The van der Waals surface area contributed by atoms with E-state index in [1.807, 2.05) is 0 Å². The summed E-state index contributed by atoms with van der Waals surface area (Å²) in [4.78, 5) is 22.3. The minimum Gasteiger partial charge on any atom is -0.378 e. The van der Waals surface area contributed by atoms with Gasteiger partial charge in [0.25, 0.3) is 5.91 Å². The van der Waals surface area contributed by atoms with E-state index in [2.05, 4.69) is 29.1 Å². The Morgan fingerprint density at radius 3 is 2.74 bits per heavy atom. The first-order valence-electron chi connectivity index (χ1n) is 6.66. The number of nitrogens with one attached hydrogen (secondary N) is 1. The van der Waals surface area contributed by atoms with Crippen molar-refractivity contribution in [3.63, 3.8) is 0 Å². The minimum absolute atomic E-state index is 0.0779. The molecule has 2 rings (SSSR count). The predicted octanol–water partition coefficient (Wildman–Crippen LogP) is 1.16. The summed E-state index contributed by atoms with van der Waals surface area (Å²) in [7, 11) is 0. The minimum atomic E-state index is -0.0779. The van der Waals surface area contributed by atoms with Gasteiger partial charge in [-0.1, -0.05) is 6.92 Å². The molecule has 0 aromatic carbocycles. The number of carbonyl (C=O) groups excluding carboxylic acids is 1. The summed E-state index contributed by atoms with van der Waals surface area (Å²) in [5.41, 5.74) is 0.386. The first-order chi connectivity index (χ1) is 9.20. The highest BCUT2D eigenvalue weighted by Gasteiger charge is 2.19. The first-order valence-corrected chi connectivity index (χ1v) is 6.66. The molecular weight excluding hydrogens is 244 g/mol. The molecule has 2 heterocycles. The Morgan fingerprint density at radius 1 is 1.42 bits per heavy atom. The topological polar surface area (TPSA) is 67.4 Å². The summed E-state index contributed by atoms with van der Waals surface area (Å²) in [6.45, 7) is 6.59. The molecule has 1 fully saturated rings. The standard InChI is InChI=1S/C13H20N4O2/c1-3-10(2)16-12-9-14-11(8-15-12)13(18)17-4-6-19-7-5-17/h8-10H,3-7H2,1-2H3,(H,15,16). The smallest absolute Gasteiger partial charge is 0.274 e.